The number of aromatic nitrogens is 2. The molecule has 0 spiro atoms. The number of amides is 2. The van der Waals surface area contributed by atoms with Crippen LogP contribution in [0.4, 0.5) is 19.6 Å². The molecular formula is C22H16F2N4O3S. The SMILES string of the molecule is O=C(Nc1nc(CC(=O)N(Cc2ccccn2)c2ccc(F)cc2F)cs1)c1ccco1. The van der Waals surface area contributed by atoms with Crippen LogP contribution in [-0.4, -0.2) is 21.8 Å². The fraction of sp³-hybridized carbons (Fsp3) is 0.0909. The van der Waals surface area contributed by atoms with Gasteiger partial charge in [-0.05, 0) is 36.4 Å². The highest BCUT2D eigenvalue weighted by Crippen LogP contribution is 2.24. The number of nitrogens with one attached hydrogen (secondary N) is 1. The van der Waals surface area contributed by atoms with Crippen LogP contribution in [0.3, 0.4) is 0 Å². The fourth-order valence-corrected chi connectivity index (χ4v) is 3.63. The van der Waals surface area contributed by atoms with Crippen LogP contribution in [0, 0.1) is 11.6 Å². The van der Waals surface area contributed by atoms with Gasteiger partial charge in [-0.2, -0.15) is 0 Å². The summed E-state index contributed by atoms with van der Waals surface area (Å²) < 4.78 is 32.9. The molecule has 4 aromatic rings. The minimum atomic E-state index is -0.862. The third kappa shape index (κ3) is 5.03. The van der Waals surface area contributed by atoms with Crippen LogP contribution < -0.4 is 10.2 Å². The van der Waals surface area contributed by atoms with Crippen molar-refractivity contribution < 1.29 is 22.8 Å². The van der Waals surface area contributed by atoms with E-state index in [1.165, 1.54) is 23.3 Å². The molecule has 0 bridgehead atoms. The van der Waals surface area contributed by atoms with Crippen LogP contribution in [-0.2, 0) is 17.8 Å². The molecule has 0 saturated heterocycles. The molecule has 4 rings (SSSR count). The van der Waals surface area contributed by atoms with Crippen LogP contribution in [0.1, 0.15) is 21.9 Å². The van der Waals surface area contributed by atoms with Gasteiger partial charge in [0.1, 0.15) is 11.6 Å². The Morgan fingerprint density at radius 1 is 1.09 bits per heavy atom. The lowest BCUT2D eigenvalue weighted by Gasteiger charge is -2.23. The lowest BCUT2D eigenvalue weighted by atomic mass is 10.2. The van der Waals surface area contributed by atoms with Crippen molar-refractivity contribution in [1.82, 2.24) is 9.97 Å². The highest BCUT2D eigenvalue weighted by molar-refractivity contribution is 7.14. The van der Waals surface area contributed by atoms with E-state index in [2.05, 4.69) is 15.3 Å². The van der Waals surface area contributed by atoms with Crippen LogP contribution in [0.5, 0.6) is 0 Å². The van der Waals surface area contributed by atoms with Gasteiger partial charge in [0.2, 0.25) is 5.91 Å². The lowest BCUT2D eigenvalue weighted by Crippen LogP contribution is -2.33. The normalized spacial score (nSPS) is 10.7. The molecular weight excluding hydrogens is 438 g/mol. The fourth-order valence-electron chi connectivity index (χ4n) is 2.92. The number of furan rings is 1. The second-order valence-electron chi connectivity index (χ2n) is 6.65. The van der Waals surface area contributed by atoms with Gasteiger partial charge in [0.25, 0.3) is 5.91 Å². The summed E-state index contributed by atoms with van der Waals surface area (Å²) in [4.78, 5) is 34.8. The summed E-state index contributed by atoms with van der Waals surface area (Å²) in [5.41, 5.74) is 0.862. The standard InChI is InChI=1S/C22H16F2N4O3S/c23-14-6-7-18(17(24)10-14)28(12-15-4-1-2-8-25-15)20(29)11-16-13-32-22(26-16)27-21(30)19-5-3-9-31-19/h1-10,13H,11-12H2,(H,26,27,30). The van der Waals surface area contributed by atoms with Crippen molar-refractivity contribution in [3.63, 3.8) is 0 Å². The predicted molar refractivity (Wildman–Crippen MR) is 114 cm³/mol. The monoisotopic (exact) mass is 454 g/mol. The van der Waals surface area contributed by atoms with Gasteiger partial charge in [-0.3, -0.25) is 19.9 Å². The summed E-state index contributed by atoms with van der Waals surface area (Å²) >= 11 is 1.14. The first kappa shape index (κ1) is 21.3. The molecule has 0 aliphatic carbocycles. The molecule has 1 N–H and O–H groups in total. The van der Waals surface area contributed by atoms with Crippen molar-refractivity contribution >= 4 is 34.0 Å². The van der Waals surface area contributed by atoms with Crippen LogP contribution in [0.15, 0.2) is 70.8 Å². The molecule has 3 heterocycles. The van der Waals surface area contributed by atoms with Crippen LogP contribution >= 0.6 is 11.3 Å². The number of pyridine rings is 1. The Morgan fingerprint density at radius 2 is 1.97 bits per heavy atom. The molecule has 7 nitrogen and oxygen atoms in total. The molecule has 0 aliphatic rings. The number of hydrogen-bond acceptors (Lipinski definition) is 6. The number of hydrogen-bond donors (Lipinski definition) is 1. The first-order valence-corrected chi connectivity index (χ1v) is 10.3. The lowest BCUT2D eigenvalue weighted by molar-refractivity contribution is -0.118. The maximum Gasteiger partial charge on any atom is 0.293 e. The zero-order valence-electron chi connectivity index (χ0n) is 16.5. The summed E-state index contributed by atoms with van der Waals surface area (Å²) in [7, 11) is 0. The Hall–Kier alpha value is -3.92. The van der Waals surface area contributed by atoms with Gasteiger partial charge < -0.3 is 9.32 Å². The van der Waals surface area contributed by atoms with Gasteiger partial charge in [-0.25, -0.2) is 13.8 Å². The number of carbonyl (C=O) groups excluding carboxylic acids is 2. The number of carbonyl (C=O) groups is 2. The molecule has 0 fully saturated rings. The van der Waals surface area contributed by atoms with Gasteiger partial charge in [-0.15, -0.1) is 11.3 Å². The van der Waals surface area contributed by atoms with Crippen molar-refractivity contribution in [3.8, 4) is 0 Å². The second-order valence-corrected chi connectivity index (χ2v) is 7.51. The van der Waals surface area contributed by atoms with Gasteiger partial charge in [-0.1, -0.05) is 6.07 Å². The minimum Gasteiger partial charge on any atom is -0.459 e. The number of thiazole rings is 1. The largest absolute Gasteiger partial charge is 0.459 e. The number of nitrogens with zero attached hydrogens (tertiary/aromatic N) is 3. The van der Waals surface area contributed by atoms with Crippen molar-refractivity contribution in [2.75, 3.05) is 10.2 Å². The first-order chi connectivity index (χ1) is 15.5. The Kier molecular flexibility index (Phi) is 6.31. The molecule has 0 saturated carbocycles. The Balaban J connectivity index is 1.52. The van der Waals surface area contributed by atoms with E-state index in [9.17, 15) is 18.4 Å². The number of rotatable bonds is 7. The average Bonchev–Trinajstić information content (AvgIpc) is 3.46. The Morgan fingerprint density at radius 3 is 2.69 bits per heavy atom. The van der Waals surface area contributed by atoms with E-state index in [0.29, 0.717) is 16.5 Å². The molecule has 162 valence electrons. The van der Waals surface area contributed by atoms with Gasteiger partial charge in [0, 0.05) is 17.6 Å². The Labute approximate surface area is 185 Å². The van der Waals surface area contributed by atoms with E-state index < -0.39 is 23.4 Å². The molecule has 0 atom stereocenters. The quantitative estimate of drug-likeness (QED) is 0.446. The van der Waals surface area contributed by atoms with E-state index in [1.807, 2.05) is 0 Å². The average molecular weight is 454 g/mol. The zero-order chi connectivity index (χ0) is 22.5. The van der Waals surface area contributed by atoms with E-state index >= 15 is 0 Å². The van der Waals surface area contributed by atoms with Gasteiger partial charge >= 0.3 is 0 Å². The molecule has 0 aliphatic heterocycles. The summed E-state index contributed by atoms with van der Waals surface area (Å²) in [6.45, 7) is -0.00551. The molecule has 1 aromatic carbocycles. The first-order valence-electron chi connectivity index (χ1n) is 9.44. The maximum absolute atomic E-state index is 14.5. The van der Waals surface area contributed by atoms with Gasteiger partial charge in [0.05, 0.1) is 36.3 Å². The predicted octanol–water partition coefficient (Wildman–Crippen LogP) is 4.44. The van der Waals surface area contributed by atoms with Gasteiger partial charge in [0.15, 0.2) is 10.9 Å². The molecule has 32 heavy (non-hydrogen) atoms. The van der Waals surface area contributed by atoms with Crippen molar-refractivity contribution in [1.29, 1.82) is 0 Å². The van der Waals surface area contributed by atoms with Crippen molar-refractivity contribution in [2.45, 2.75) is 13.0 Å². The third-order valence-corrected chi connectivity index (χ3v) is 5.20. The van der Waals surface area contributed by atoms with E-state index in [-0.39, 0.29) is 24.4 Å². The molecule has 0 radical (unpaired) electrons. The maximum atomic E-state index is 14.5. The van der Waals surface area contributed by atoms with E-state index in [0.717, 1.165) is 23.5 Å². The summed E-state index contributed by atoms with van der Waals surface area (Å²) in [6.07, 6.45) is 2.79. The van der Waals surface area contributed by atoms with Crippen molar-refractivity contribution in [2.24, 2.45) is 0 Å². The number of halogens is 2. The molecule has 2 amide bonds. The summed E-state index contributed by atoms with van der Waals surface area (Å²) in [6, 6.07) is 11.3. The highest BCUT2D eigenvalue weighted by Gasteiger charge is 2.22. The summed E-state index contributed by atoms with van der Waals surface area (Å²) in [5, 5.41) is 4.50. The zero-order valence-corrected chi connectivity index (χ0v) is 17.3. The van der Waals surface area contributed by atoms with Crippen LogP contribution in [0.2, 0.25) is 0 Å². The van der Waals surface area contributed by atoms with E-state index in [1.54, 1.807) is 35.8 Å². The van der Waals surface area contributed by atoms with E-state index in [4.69, 9.17) is 4.42 Å². The van der Waals surface area contributed by atoms with Crippen LogP contribution in [0.25, 0.3) is 0 Å². The number of anilines is 2. The molecule has 10 heteroatoms. The smallest absolute Gasteiger partial charge is 0.293 e. The number of benzene rings is 1. The second kappa shape index (κ2) is 9.48. The molecule has 0 unspecified atom stereocenters. The van der Waals surface area contributed by atoms with Crippen molar-refractivity contribution in [3.05, 3.63) is 95.2 Å². The topological polar surface area (TPSA) is 88.3 Å². The minimum absolute atomic E-state index is 0.00551. The Bertz CT molecular complexity index is 1230. The molecule has 3 aromatic heterocycles. The third-order valence-electron chi connectivity index (χ3n) is 4.40. The highest BCUT2D eigenvalue weighted by atomic mass is 32.1. The summed E-state index contributed by atoms with van der Waals surface area (Å²) in [5.74, 6) is -2.40.